The Morgan fingerprint density at radius 1 is 0.800 bits per heavy atom. The summed E-state index contributed by atoms with van der Waals surface area (Å²) < 4.78 is 82.0. The minimum atomic E-state index is -4.26. The fourth-order valence-electron chi connectivity index (χ4n) is 4.37. The molecule has 0 amide bonds. The van der Waals surface area contributed by atoms with Crippen molar-refractivity contribution in [3.05, 3.63) is 6.92 Å². The molecule has 0 aliphatic rings. The third-order valence-corrected chi connectivity index (χ3v) is 18.1. The smallest absolute Gasteiger partial charge is 0.748 e. The Morgan fingerprint density at radius 3 is 1.49 bits per heavy atom. The van der Waals surface area contributed by atoms with Crippen LogP contribution >= 0.6 is 0 Å². The first-order valence-electron chi connectivity index (χ1n) is 14.3. The number of rotatable bonds is 24. The molecule has 0 fully saturated rings. The first-order valence-corrected chi connectivity index (χ1v) is 25.9. The van der Waals surface area contributed by atoms with E-state index in [4.69, 9.17) is 30.3 Å². The number of nitrogens with zero attached hydrogens (tertiary/aromatic N) is 2. The molecular formula is C24H56N2Na2O12S2Si3. The van der Waals surface area contributed by atoms with Crippen molar-refractivity contribution in [2.24, 2.45) is 0 Å². The van der Waals surface area contributed by atoms with Crippen LogP contribution in [0.25, 0.3) is 0 Å². The van der Waals surface area contributed by atoms with E-state index in [1.807, 2.05) is 11.9 Å². The summed E-state index contributed by atoms with van der Waals surface area (Å²) in [5.74, 6) is -0.477. The SMILES string of the molecule is O=S(=O)=O.[CH2-]CN(C)CC(O)COCCC[Si](C)(C)O[Si](C)(C)O[Si](C)(C)CCCOCC(O)CN(C)CCS(=O)(=O)[O-].[Na+].[Na+]. The molecule has 0 aromatic heterocycles. The van der Waals surface area contributed by atoms with Gasteiger partial charge in [-0.1, -0.05) is 0 Å². The zero-order valence-corrected chi connectivity index (χ0v) is 37.9. The Kier molecular flexibility index (Phi) is 32.9. The van der Waals surface area contributed by atoms with Crippen LogP contribution in [-0.4, -0.2) is 155 Å². The number of likely N-dealkylation sites (N-methyl/N-ethyl adjacent to an activating group) is 2. The zero-order chi connectivity index (χ0) is 33.9. The van der Waals surface area contributed by atoms with Gasteiger partial charge in [-0.15, -0.1) is 19.2 Å². The maximum absolute atomic E-state index is 10.7. The normalized spacial score (nSPS) is 13.8. The van der Waals surface area contributed by atoms with Crippen LogP contribution in [-0.2, 0) is 38.4 Å². The van der Waals surface area contributed by atoms with Gasteiger partial charge in [0.1, 0.15) is 0 Å². The van der Waals surface area contributed by atoms with Gasteiger partial charge in [-0.05, 0) is 78.3 Å². The van der Waals surface area contributed by atoms with Gasteiger partial charge >= 0.3 is 78.3 Å². The molecule has 0 aliphatic carbocycles. The molecule has 2 atom stereocenters. The van der Waals surface area contributed by atoms with Crippen LogP contribution in [0.5, 0.6) is 0 Å². The maximum atomic E-state index is 10.7. The second kappa shape index (κ2) is 27.6. The van der Waals surface area contributed by atoms with Crippen molar-refractivity contribution in [2.75, 3.05) is 72.5 Å². The summed E-state index contributed by atoms with van der Waals surface area (Å²) in [5, 5.41) is 20.1. The molecule has 0 saturated heterocycles. The average Bonchev–Trinajstić information content (AvgIpc) is 2.79. The van der Waals surface area contributed by atoms with Crippen LogP contribution in [0.3, 0.4) is 0 Å². The van der Waals surface area contributed by atoms with Crippen LogP contribution in [0.2, 0.25) is 51.4 Å². The van der Waals surface area contributed by atoms with Gasteiger partial charge in [-0.2, -0.15) is 0 Å². The largest absolute Gasteiger partial charge is 1.00 e. The predicted molar refractivity (Wildman–Crippen MR) is 172 cm³/mol. The van der Waals surface area contributed by atoms with E-state index in [9.17, 15) is 23.2 Å². The topological polar surface area (TPSA) is 192 Å². The molecule has 0 saturated carbocycles. The third-order valence-electron chi connectivity index (χ3n) is 5.95. The number of hydrogen-bond acceptors (Lipinski definition) is 14. The zero-order valence-electron chi connectivity index (χ0n) is 29.2. The molecule has 260 valence electrons. The van der Waals surface area contributed by atoms with Gasteiger partial charge in [0.25, 0.3) is 0 Å². The molecule has 0 rings (SSSR count). The quantitative estimate of drug-likeness (QED) is 0.0411. The summed E-state index contributed by atoms with van der Waals surface area (Å²) in [6.07, 6.45) is 0.438. The number of aliphatic hydroxyl groups is 2. The van der Waals surface area contributed by atoms with Gasteiger partial charge in [0.05, 0.1) is 41.3 Å². The fraction of sp³-hybridized carbons (Fsp3) is 0.958. The summed E-state index contributed by atoms with van der Waals surface area (Å²) in [6.45, 7) is 19.9. The van der Waals surface area contributed by atoms with Gasteiger partial charge in [-0.3, -0.25) is 0 Å². The van der Waals surface area contributed by atoms with E-state index in [-0.39, 0.29) is 78.8 Å². The summed E-state index contributed by atoms with van der Waals surface area (Å²) in [4.78, 5) is 3.56. The van der Waals surface area contributed by atoms with Crippen LogP contribution in [0.1, 0.15) is 12.8 Å². The predicted octanol–water partition coefficient (Wildman–Crippen LogP) is -5.09. The van der Waals surface area contributed by atoms with Crippen molar-refractivity contribution in [2.45, 2.75) is 76.4 Å². The molecule has 0 radical (unpaired) electrons. The molecule has 21 heteroatoms. The Labute approximate surface area is 321 Å². The molecule has 0 heterocycles. The van der Waals surface area contributed by atoms with Crippen molar-refractivity contribution >= 4 is 45.9 Å². The van der Waals surface area contributed by atoms with E-state index in [1.54, 1.807) is 11.9 Å². The van der Waals surface area contributed by atoms with Crippen molar-refractivity contribution in [1.82, 2.24) is 9.80 Å². The minimum absolute atomic E-state index is 0. The Morgan fingerprint density at radius 2 is 1.16 bits per heavy atom. The monoisotopic (exact) mass is 758 g/mol. The van der Waals surface area contributed by atoms with E-state index < -0.39 is 63.9 Å². The van der Waals surface area contributed by atoms with Crippen LogP contribution in [0.15, 0.2) is 0 Å². The first kappa shape index (κ1) is 53.7. The molecule has 0 bridgehead atoms. The molecule has 0 aromatic rings. The number of hydrogen-bond donors (Lipinski definition) is 2. The van der Waals surface area contributed by atoms with Crippen molar-refractivity contribution < 1.29 is 113 Å². The van der Waals surface area contributed by atoms with E-state index in [0.29, 0.717) is 32.9 Å². The third kappa shape index (κ3) is 38.5. The summed E-state index contributed by atoms with van der Waals surface area (Å²) in [7, 11) is -10.1. The minimum Gasteiger partial charge on any atom is -0.748 e. The molecule has 2 unspecified atom stereocenters. The fourth-order valence-corrected chi connectivity index (χ4v) is 18.9. The van der Waals surface area contributed by atoms with E-state index in [2.05, 4.69) is 46.2 Å². The van der Waals surface area contributed by atoms with Gasteiger partial charge in [0.15, 0.2) is 16.6 Å². The molecule has 2 N–H and O–H groups in total. The van der Waals surface area contributed by atoms with Gasteiger partial charge in [0, 0.05) is 32.8 Å². The standard InChI is InChI=1S/C24H57N2O9SSi3.2Na.O3S/c1-10-25(2)19-23(27)21-32-14-11-17-37(4,5)34-39(8,9)35-38(6,7)18-12-15-33-22-24(28)20-26(3)13-16-36(29,30)31;;;1-4(2)3/h23-24,27-28H,1,10-22H2,2-9H3,(H,29,30,31);;;/q-1;2*+1;/p-1. The van der Waals surface area contributed by atoms with E-state index in [0.717, 1.165) is 24.9 Å². The van der Waals surface area contributed by atoms with Gasteiger partial charge in [-0.25, -0.2) is 8.42 Å². The average molecular weight is 759 g/mol. The van der Waals surface area contributed by atoms with Crippen LogP contribution in [0, 0.1) is 6.92 Å². The van der Waals surface area contributed by atoms with Crippen LogP contribution in [0.4, 0.5) is 0 Å². The van der Waals surface area contributed by atoms with Crippen molar-refractivity contribution in [3.63, 3.8) is 0 Å². The molecule has 45 heavy (non-hydrogen) atoms. The number of aliphatic hydroxyl groups excluding tert-OH is 2. The van der Waals surface area contributed by atoms with Gasteiger partial charge in [0.2, 0.25) is 0 Å². The second-order valence-electron chi connectivity index (χ2n) is 12.3. The van der Waals surface area contributed by atoms with Crippen molar-refractivity contribution in [1.29, 1.82) is 0 Å². The van der Waals surface area contributed by atoms with Gasteiger partial charge < -0.3 is 49.2 Å². The van der Waals surface area contributed by atoms with Crippen LogP contribution < -0.4 is 59.1 Å². The first-order chi connectivity index (χ1) is 19.5. The van der Waals surface area contributed by atoms with E-state index >= 15 is 0 Å². The molecule has 14 nitrogen and oxygen atoms in total. The molecule has 0 aromatic carbocycles. The van der Waals surface area contributed by atoms with Crippen molar-refractivity contribution in [3.8, 4) is 0 Å². The van der Waals surface area contributed by atoms with E-state index in [1.165, 1.54) is 0 Å². The molecular weight excluding hydrogens is 703 g/mol. The maximum Gasteiger partial charge on any atom is 1.00 e. The summed E-state index contributed by atoms with van der Waals surface area (Å²) in [6, 6.07) is 1.87. The summed E-state index contributed by atoms with van der Waals surface area (Å²) in [5.41, 5.74) is 0. The molecule has 0 spiro atoms. The second-order valence-corrected chi connectivity index (χ2v) is 26.7. The Bertz CT molecular complexity index is 963. The Balaban J connectivity index is -0.00000131. The molecule has 0 aliphatic heterocycles. The number of ether oxygens (including phenoxy) is 2. The summed E-state index contributed by atoms with van der Waals surface area (Å²) >= 11 is 0. The Hall–Kier alpha value is 1.86.